The van der Waals surface area contributed by atoms with E-state index >= 15 is 0 Å². The lowest BCUT2D eigenvalue weighted by Crippen LogP contribution is -2.48. The number of benzene rings is 1. The Bertz CT molecular complexity index is 671. The topological polar surface area (TPSA) is 70.2 Å². The molecule has 0 bridgehead atoms. The highest BCUT2D eigenvalue weighted by Crippen LogP contribution is 2.18. The Kier molecular flexibility index (Phi) is 6.41. The maximum Gasteiger partial charge on any atom is 0.315 e. The molecule has 2 amide bonds. The summed E-state index contributed by atoms with van der Waals surface area (Å²) in [5.41, 5.74) is 1.31. The van der Waals surface area contributed by atoms with Crippen LogP contribution >= 0.6 is 0 Å². The van der Waals surface area contributed by atoms with Crippen molar-refractivity contribution in [3.8, 4) is 0 Å². The van der Waals surface area contributed by atoms with Gasteiger partial charge in [0.25, 0.3) is 0 Å². The molecule has 1 saturated heterocycles. The van der Waals surface area contributed by atoms with Crippen LogP contribution in [0.2, 0.25) is 0 Å². The van der Waals surface area contributed by atoms with Gasteiger partial charge in [-0.25, -0.2) is 14.8 Å². The van der Waals surface area contributed by atoms with Crippen molar-refractivity contribution in [1.82, 2.24) is 20.6 Å². The highest BCUT2D eigenvalue weighted by molar-refractivity contribution is 5.74. The number of hydrogen-bond acceptors (Lipinski definition) is 4. The summed E-state index contributed by atoms with van der Waals surface area (Å²) in [4.78, 5) is 22.9. The van der Waals surface area contributed by atoms with E-state index in [-0.39, 0.29) is 12.1 Å². The number of aromatic nitrogens is 2. The number of amides is 2. The molecule has 6 heteroatoms. The van der Waals surface area contributed by atoms with Crippen molar-refractivity contribution < 1.29 is 4.79 Å². The van der Waals surface area contributed by atoms with Crippen molar-refractivity contribution in [2.45, 2.75) is 38.1 Å². The maximum atomic E-state index is 12.1. The third-order valence-corrected chi connectivity index (χ3v) is 4.90. The fraction of sp³-hybridized carbons (Fsp3) is 0.450. The van der Waals surface area contributed by atoms with E-state index in [1.165, 1.54) is 5.56 Å². The number of piperidine rings is 1. The molecule has 138 valence electrons. The fourth-order valence-corrected chi connectivity index (χ4v) is 3.27. The van der Waals surface area contributed by atoms with E-state index in [0.717, 1.165) is 38.3 Å². The number of carbonyl (C=O) groups is 1. The van der Waals surface area contributed by atoms with Crippen LogP contribution in [0.25, 0.3) is 0 Å². The molecule has 0 aliphatic carbocycles. The van der Waals surface area contributed by atoms with Crippen LogP contribution in [-0.4, -0.2) is 41.7 Å². The van der Waals surface area contributed by atoms with Gasteiger partial charge in [-0.1, -0.05) is 37.3 Å². The van der Waals surface area contributed by atoms with E-state index in [4.69, 9.17) is 0 Å². The molecule has 1 aliphatic rings. The van der Waals surface area contributed by atoms with Crippen molar-refractivity contribution in [2.75, 3.05) is 24.5 Å². The summed E-state index contributed by atoms with van der Waals surface area (Å²) in [5.74, 6) is 1.20. The zero-order valence-corrected chi connectivity index (χ0v) is 15.3. The van der Waals surface area contributed by atoms with Gasteiger partial charge in [-0.05, 0) is 36.8 Å². The smallest absolute Gasteiger partial charge is 0.315 e. The summed E-state index contributed by atoms with van der Waals surface area (Å²) in [6, 6.07) is 12.4. The van der Waals surface area contributed by atoms with Gasteiger partial charge in [0.15, 0.2) is 0 Å². The van der Waals surface area contributed by atoms with E-state index in [1.807, 2.05) is 12.1 Å². The third-order valence-electron chi connectivity index (χ3n) is 4.90. The Morgan fingerprint density at radius 1 is 1.15 bits per heavy atom. The molecule has 2 heterocycles. The van der Waals surface area contributed by atoms with Crippen LogP contribution in [0, 0.1) is 0 Å². The largest absolute Gasteiger partial charge is 0.341 e. The second-order valence-corrected chi connectivity index (χ2v) is 6.81. The van der Waals surface area contributed by atoms with Gasteiger partial charge in [-0.2, -0.15) is 0 Å². The Balaban J connectivity index is 1.34. The molecule has 0 unspecified atom stereocenters. The first kappa shape index (κ1) is 18.2. The zero-order valence-electron chi connectivity index (χ0n) is 15.3. The minimum Gasteiger partial charge on any atom is -0.341 e. The number of rotatable bonds is 6. The Labute approximate surface area is 155 Å². The number of anilines is 1. The number of nitrogens with one attached hydrogen (secondary N) is 2. The zero-order chi connectivity index (χ0) is 18.2. The van der Waals surface area contributed by atoms with Crippen LogP contribution < -0.4 is 15.5 Å². The quantitative estimate of drug-likeness (QED) is 0.838. The fourth-order valence-electron chi connectivity index (χ4n) is 3.27. The molecular weight excluding hydrogens is 326 g/mol. The lowest BCUT2D eigenvalue weighted by Gasteiger charge is -2.32. The van der Waals surface area contributed by atoms with Gasteiger partial charge >= 0.3 is 6.03 Å². The van der Waals surface area contributed by atoms with Gasteiger partial charge in [0.1, 0.15) is 0 Å². The Morgan fingerprint density at radius 2 is 1.85 bits per heavy atom. The van der Waals surface area contributed by atoms with Crippen molar-refractivity contribution >= 4 is 12.0 Å². The first-order valence-electron chi connectivity index (χ1n) is 9.33. The van der Waals surface area contributed by atoms with E-state index in [0.29, 0.717) is 12.5 Å². The van der Waals surface area contributed by atoms with Crippen LogP contribution in [0.4, 0.5) is 10.7 Å². The minimum atomic E-state index is -0.0697. The van der Waals surface area contributed by atoms with Gasteiger partial charge < -0.3 is 15.5 Å². The second kappa shape index (κ2) is 9.17. The predicted molar refractivity (Wildman–Crippen MR) is 103 cm³/mol. The lowest BCUT2D eigenvalue weighted by molar-refractivity contribution is 0.234. The lowest BCUT2D eigenvalue weighted by atomic mass is 9.98. The summed E-state index contributed by atoms with van der Waals surface area (Å²) in [7, 11) is 0. The summed E-state index contributed by atoms with van der Waals surface area (Å²) in [5, 5.41) is 6.07. The van der Waals surface area contributed by atoms with E-state index in [2.05, 4.69) is 56.7 Å². The van der Waals surface area contributed by atoms with E-state index in [9.17, 15) is 4.79 Å². The highest BCUT2D eigenvalue weighted by Gasteiger charge is 2.21. The molecular formula is C20H27N5O. The van der Waals surface area contributed by atoms with Crippen LogP contribution in [-0.2, 0) is 0 Å². The SMILES string of the molecule is C[C@H](CCNC(=O)NC1CCN(c2ncccn2)CC1)c1ccccc1. The molecule has 2 aromatic rings. The van der Waals surface area contributed by atoms with Gasteiger partial charge in [0, 0.05) is 38.1 Å². The second-order valence-electron chi connectivity index (χ2n) is 6.81. The molecule has 0 spiro atoms. The monoisotopic (exact) mass is 353 g/mol. The van der Waals surface area contributed by atoms with Crippen LogP contribution in [0.1, 0.15) is 37.7 Å². The molecule has 1 aromatic carbocycles. The van der Waals surface area contributed by atoms with E-state index < -0.39 is 0 Å². The normalized spacial score (nSPS) is 16.1. The minimum absolute atomic E-state index is 0.0697. The van der Waals surface area contributed by atoms with Crippen molar-refractivity contribution in [3.63, 3.8) is 0 Å². The van der Waals surface area contributed by atoms with Crippen molar-refractivity contribution in [1.29, 1.82) is 0 Å². The van der Waals surface area contributed by atoms with Crippen LogP contribution in [0.5, 0.6) is 0 Å². The van der Waals surface area contributed by atoms with Gasteiger partial charge in [0.05, 0.1) is 0 Å². The summed E-state index contributed by atoms with van der Waals surface area (Å²) in [6.07, 6.45) is 6.27. The Hall–Kier alpha value is -2.63. The van der Waals surface area contributed by atoms with Crippen LogP contribution in [0.3, 0.4) is 0 Å². The Morgan fingerprint density at radius 3 is 2.54 bits per heavy atom. The van der Waals surface area contributed by atoms with E-state index in [1.54, 1.807) is 12.4 Å². The average molecular weight is 353 g/mol. The first-order chi connectivity index (χ1) is 12.7. The number of urea groups is 1. The molecule has 1 aliphatic heterocycles. The molecule has 26 heavy (non-hydrogen) atoms. The number of hydrogen-bond donors (Lipinski definition) is 2. The number of nitrogens with zero attached hydrogens (tertiary/aromatic N) is 3. The molecule has 0 saturated carbocycles. The van der Waals surface area contributed by atoms with Crippen LogP contribution in [0.15, 0.2) is 48.8 Å². The third kappa shape index (κ3) is 5.18. The van der Waals surface area contributed by atoms with Crippen molar-refractivity contribution in [2.24, 2.45) is 0 Å². The molecule has 6 nitrogen and oxygen atoms in total. The standard InChI is InChI=1S/C20H27N5O/c1-16(17-6-3-2-4-7-17)8-13-23-20(26)24-18-9-14-25(15-10-18)19-21-11-5-12-22-19/h2-7,11-12,16,18H,8-10,13-15H2,1H3,(H2,23,24,26)/t16-/m1/s1. The molecule has 1 fully saturated rings. The van der Waals surface area contributed by atoms with Crippen molar-refractivity contribution in [3.05, 3.63) is 54.4 Å². The molecule has 2 N–H and O–H groups in total. The maximum absolute atomic E-state index is 12.1. The summed E-state index contributed by atoms with van der Waals surface area (Å²) < 4.78 is 0. The highest BCUT2D eigenvalue weighted by atomic mass is 16.2. The van der Waals surface area contributed by atoms with Gasteiger partial charge in [-0.3, -0.25) is 0 Å². The first-order valence-corrected chi connectivity index (χ1v) is 9.33. The van der Waals surface area contributed by atoms with Gasteiger partial charge in [-0.15, -0.1) is 0 Å². The molecule has 1 atom stereocenters. The molecule has 0 radical (unpaired) electrons. The van der Waals surface area contributed by atoms with Gasteiger partial charge in [0.2, 0.25) is 5.95 Å². The molecule has 3 rings (SSSR count). The number of carbonyl (C=O) groups excluding carboxylic acids is 1. The summed E-state index contributed by atoms with van der Waals surface area (Å²) >= 11 is 0. The summed E-state index contributed by atoms with van der Waals surface area (Å²) in [6.45, 7) is 4.59. The predicted octanol–water partition coefficient (Wildman–Crippen LogP) is 2.94. The average Bonchev–Trinajstić information content (AvgIpc) is 2.70. The molecule has 1 aromatic heterocycles.